The third-order valence-electron chi connectivity index (χ3n) is 5.74. The first-order chi connectivity index (χ1) is 14.2. The number of aromatic nitrogens is 1. The van der Waals surface area contributed by atoms with E-state index >= 15 is 0 Å². The number of ether oxygens (including phenoxy) is 1. The molecular weight excluding hydrogens is 394 g/mol. The van der Waals surface area contributed by atoms with Crippen LogP contribution in [-0.4, -0.2) is 81.8 Å². The van der Waals surface area contributed by atoms with Crippen LogP contribution in [0.25, 0.3) is 0 Å². The summed E-state index contributed by atoms with van der Waals surface area (Å²) in [6.07, 6.45) is 1.92. The van der Waals surface area contributed by atoms with Gasteiger partial charge in [0.25, 0.3) is 12.0 Å². The third-order valence-corrected chi connectivity index (χ3v) is 5.74. The summed E-state index contributed by atoms with van der Waals surface area (Å²) in [7, 11) is 1.61. The molecule has 0 spiro atoms. The average molecular weight is 423 g/mol. The maximum Gasteiger partial charge on any atom is 0.341 e. The lowest BCUT2D eigenvalue weighted by Crippen LogP contribution is -2.41. The molecule has 10 heteroatoms. The van der Waals surface area contributed by atoms with Crippen molar-refractivity contribution >= 4 is 18.3 Å². The highest BCUT2D eigenvalue weighted by atomic mass is 16.5. The van der Waals surface area contributed by atoms with Gasteiger partial charge in [0.15, 0.2) is 0 Å². The van der Waals surface area contributed by atoms with Gasteiger partial charge in [-0.1, -0.05) is 0 Å². The fraction of sp³-hybridized carbons (Fsp3) is 0.600. The van der Waals surface area contributed by atoms with Crippen LogP contribution in [0, 0.1) is 0 Å². The van der Waals surface area contributed by atoms with E-state index in [0.717, 1.165) is 5.56 Å². The Morgan fingerprint density at radius 1 is 1.30 bits per heavy atom. The lowest BCUT2D eigenvalue weighted by molar-refractivity contribution is -0.129. The lowest BCUT2D eigenvalue weighted by atomic mass is 9.96. The molecule has 0 radical (unpaired) electrons. The fourth-order valence-corrected chi connectivity index (χ4v) is 4.12. The molecule has 2 aliphatic heterocycles. The van der Waals surface area contributed by atoms with Gasteiger partial charge in [-0.2, -0.15) is 0 Å². The predicted molar refractivity (Wildman–Crippen MR) is 108 cm³/mol. The van der Waals surface area contributed by atoms with Crippen molar-refractivity contribution in [2.45, 2.75) is 51.9 Å². The molecule has 1 aromatic rings. The van der Waals surface area contributed by atoms with E-state index in [1.807, 2.05) is 0 Å². The van der Waals surface area contributed by atoms with E-state index in [1.54, 1.807) is 18.2 Å². The first-order valence-electron chi connectivity index (χ1n) is 9.76. The highest BCUT2D eigenvalue weighted by Crippen LogP contribution is 2.28. The summed E-state index contributed by atoms with van der Waals surface area (Å²) < 4.78 is 7.12. The molecule has 30 heavy (non-hydrogen) atoms. The van der Waals surface area contributed by atoms with Gasteiger partial charge in [-0.15, -0.1) is 0 Å². The smallest absolute Gasteiger partial charge is 0.341 e. The van der Waals surface area contributed by atoms with Crippen molar-refractivity contribution in [2.75, 3.05) is 26.7 Å². The molecule has 0 bridgehead atoms. The van der Waals surface area contributed by atoms with E-state index in [2.05, 4.69) is 18.7 Å². The van der Waals surface area contributed by atoms with E-state index in [9.17, 15) is 19.5 Å². The van der Waals surface area contributed by atoms with Crippen LogP contribution in [0.4, 0.5) is 0 Å². The number of rotatable bonds is 4. The molecule has 1 aromatic heterocycles. The Morgan fingerprint density at radius 2 is 1.93 bits per heavy atom. The predicted octanol–water partition coefficient (Wildman–Crippen LogP) is 0.432. The molecule has 1 amide bonds. The molecule has 3 heterocycles. The summed E-state index contributed by atoms with van der Waals surface area (Å²) in [4.78, 5) is 48.9. The van der Waals surface area contributed by atoms with Crippen LogP contribution in [0.3, 0.4) is 0 Å². The summed E-state index contributed by atoms with van der Waals surface area (Å²) in [5.74, 6) is -1.27. The van der Waals surface area contributed by atoms with Gasteiger partial charge in [0.1, 0.15) is 5.56 Å². The molecule has 2 N–H and O–H groups in total. The minimum atomic E-state index is -1.21. The average Bonchev–Trinajstić information content (AvgIpc) is 3.11. The first-order valence-corrected chi connectivity index (χ1v) is 9.76. The topological polar surface area (TPSA) is 129 Å². The van der Waals surface area contributed by atoms with Crippen LogP contribution in [0.15, 0.2) is 11.0 Å². The highest BCUT2D eigenvalue weighted by molar-refractivity contribution is 5.89. The van der Waals surface area contributed by atoms with Gasteiger partial charge in [-0.25, -0.2) is 4.79 Å². The van der Waals surface area contributed by atoms with Crippen molar-refractivity contribution in [2.24, 2.45) is 0 Å². The van der Waals surface area contributed by atoms with Crippen LogP contribution in [-0.2, 0) is 27.3 Å². The molecule has 0 aliphatic carbocycles. The van der Waals surface area contributed by atoms with Gasteiger partial charge in [0, 0.05) is 52.5 Å². The molecule has 2 atom stereocenters. The van der Waals surface area contributed by atoms with E-state index in [4.69, 9.17) is 14.6 Å². The Kier molecular flexibility index (Phi) is 7.74. The van der Waals surface area contributed by atoms with E-state index in [1.165, 1.54) is 11.5 Å². The molecule has 1 saturated heterocycles. The summed E-state index contributed by atoms with van der Waals surface area (Å²) in [6.45, 7) is 7.46. The Morgan fingerprint density at radius 3 is 2.43 bits per heavy atom. The number of carbonyl (C=O) groups is 3. The number of carbonyl (C=O) groups excluding carboxylic acids is 1. The van der Waals surface area contributed by atoms with Crippen LogP contribution >= 0.6 is 0 Å². The number of pyridine rings is 1. The highest BCUT2D eigenvalue weighted by Gasteiger charge is 2.37. The lowest BCUT2D eigenvalue weighted by Gasteiger charge is -2.30. The van der Waals surface area contributed by atoms with Crippen LogP contribution in [0.1, 0.15) is 48.3 Å². The Hall–Kier alpha value is -2.72. The zero-order valence-corrected chi connectivity index (χ0v) is 17.7. The molecule has 0 aromatic carbocycles. The number of fused-ring (bicyclic) bond motifs is 1. The molecule has 2 aliphatic rings. The number of carboxylic acid groups (broad SMARTS) is 2. The van der Waals surface area contributed by atoms with Gasteiger partial charge in [-0.3, -0.25) is 19.3 Å². The Bertz CT molecular complexity index is 865. The number of aromatic carboxylic acids is 1. The van der Waals surface area contributed by atoms with Crippen molar-refractivity contribution in [3.05, 3.63) is 33.2 Å². The van der Waals surface area contributed by atoms with E-state index < -0.39 is 11.5 Å². The van der Waals surface area contributed by atoms with Gasteiger partial charge in [0.2, 0.25) is 5.91 Å². The SMILES string of the molecule is CO[C@H]1CN(C(C)C)C[C@@H]1n1cc2c(c(C(=O)O)c1=O)CCN(C(C)=O)C2.O=CO. The first kappa shape index (κ1) is 23.6. The van der Waals surface area contributed by atoms with E-state index in [0.29, 0.717) is 44.2 Å². The van der Waals surface area contributed by atoms with Crippen LogP contribution < -0.4 is 5.56 Å². The number of hydrogen-bond donors (Lipinski definition) is 2. The number of nitrogens with zero attached hydrogens (tertiary/aromatic N) is 3. The normalized spacial score (nSPS) is 21.0. The zero-order valence-electron chi connectivity index (χ0n) is 17.7. The zero-order chi connectivity index (χ0) is 22.6. The quantitative estimate of drug-likeness (QED) is 0.667. The number of hydrogen-bond acceptors (Lipinski definition) is 6. The van der Waals surface area contributed by atoms with Gasteiger partial charge >= 0.3 is 5.97 Å². The minimum absolute atomic E-state index is 0.0584. The molecule has 3 rings (SSSR count). The number of likely N-dealkylation sites (tertiary alicyclic amines) is 1. The molecular formula is C20H29N3O7. The molecule has 0 unspecified atom stereocenters. The second-order valence-corrected chi connectivity index (χ2v) is 7.71. The van der Waals surface area contributed by atoms with Crippen molar-refractivity contribution in [1.82, 2.24) is 14.4 Å². The number of amides is 1. The van der Waals surface area contributed by atoms with Gasteiger partial charge in [0.05, 0.1) is 12.1 Å². The van der Waals surface area contributed by atoms with Crippen molar-refractivity contribution in [1.29, 1.82) is 0 Å². The van der Waals surface area contributed by atoms with Crippen molar-refractivity contribution < 1.29 is 29.3 Å². The molecule has 0 saturated carbocycles. The third kappa shape index (κ3) is 4.71. The second-order valence-electron chi connectivity index (χ2n) is 7.71. The van der Waals surface area contributed by atoms with Gasteiger partial charge in [-0.05, 0) is 31.4 Å². The van der Waals surface area contributed by atoms with E-state index in [-0.39, 0.29) is 30.1 Å². The van der Waals surface area contributed by atoms with Gasteiger partial charge < -0.3 is 24.4 Å². The second kappa shape index (κ2) is 9.86. The number of methoxy groups -OCH3 is 1. The summed E-state index contributed by atoms with van der Waals surface area (Å²) in [6, 6.07) is 0.0362. The maximum atomic E-state index is 13.1. The van der Waals surface area contributed by atoms with Crippen molar-refractivity contribution in [3.8, 4) is 0 Å². The largest absolute Gasteiger partial charge is 0.483 e. The number of carboxylic acids is 1. The maximum absolute atomic E-state index is 13.1. The Balaban J connectivity index is 0.00000101. The Labute approximate surface area is 174 Å². The summed E-state index contributed by atoms with van der Waals surface area (Å²) >= 11 is 0. The summed E-state index contributed by atoms with van der Waals surface area (Å²) in [5, 5.41) is 16.6. The molecule has 10 nitrogen and oxygen atoms in total. The van der Waals surface area contributed by atoms with Crippen molar-refractivity contribution in [3.63, 3.8) is 0 Å². The summed E-state index contributed by atoms with van der Waals surface area (Å²) in [5.41, 5.74) is 0.615. The van der Waals surface area contributed by atoms with Crippen LogP contribution in [0.5, 0.6) is 0 Å². The van der Waals surface area contributed by atoms with Crippen LogP contribution in [0.2, 0.25) is 0 Å². The minimum Gasteiger partial charge on any atom is -0.483 e. The standard InChI is InChI=1S/C19H27N3O5.CH2O2/c1-11(2)21-9-15(16(10-21)27-4)22-8-13-7-20(12(3)23)6-5-14(13)17(18(22)24)19(25)26;2-1-3/h8,11,15-16H,5-7,9-10H2,1-4H3,(H,25,26);1H,(H,2,3)/t15-,16-;/m0./s1. The molecule has 166 valence electrons. The monoisotopic (exact) mass is 423 g/mol. The molecule has 1 fully saturated rings. The fourth-order valence-electron chi connectivity index (χ4n) is 4.12.